The molecule has 23 heavy (non-hydrogen) atoms. The molecular formula is C18H27N5. The summed E-state index contributed by atoms with van der Waals surface area (Å²) >= 11 is 0. The molecule has 0 aromatic heterocycles. The first-order valence-corrected chi connectivity index (χ1v) is 7.48. The minimum Gasteiger partial charge on any atom is -0.399 e. The van der Waals surface area contributed by atoms with E-state index in [-0.39, 0.29) is 0 Å². The van der Waals surface area contributed by atoms with Crippen LogP contribution in [0.3, 0.4) is 0 Å². The zero-order valence-electron chi connectivity index (χ0n) is 14.1. The third-order valence-electron chi connectivity index (χ3n) is 3.03. The largest absolute Gasteiger partial charge is 0.399 e. The number of nitrogens with one attached hydrogen (secondary N) is 2. The smallest absolute Gasteiger partial charge is 0.0648 e. The van der Waals surface area contributed by atoms with Gasteiger partial charge >= 0.3 is 0 Å². The van der Waals surface area contributed by atoms with Crippen molar-refractivity contribution in [1.29, 1.82) is 0 Å². The number of nitrogens with two attached hydrogens (primary N) is 2. The van der Waals surface area contributed by atoms with Crippen molar-refractivity contribution in [1.82, 2.24) is 10.2 Å². The Bertz CT molecular complexity index is 532. The zero-order chi connectivity index (χ0) is 17.1. The maximum atomic E-state index is 5.61. The summed E-state index contributed by atoms with van der Waals surface area (Å²) in [5, 5.41) is 6.16. The van der Waals surface area contributed by atoms with Gasteiger partial charge in [-0.3, -0.25) is 0 Å². The molecule has 0 bridgehead atoms. The summed E-state index contributed by atoms with van der Waals surface area (Å²) < 4.78 is 0. The molecule has 0 radical (unpaired) electrons. The predicted octanol–water partition coefficient (Wildman–Crippen LogP) is 2.85. The van der Waals surface area contributed by atoms with Gasteiger partial charge in [0.2, 0.25) is 0 Å². The topological polar surface area (TPSA) is 79.3 Å². The molecule has 0 fully saturated rings. The fourth-order valence-corrected chi connectivity index (χ4v) is 1.63. The van der Waals surface area contributed by atoms with E-state index in [0.29, 0.717) is 6.67 Å². The Morgan fingerprint density at radius 3 is 2.00 bits per heavy atom. The Kier molecular flexibility index (Phi) is 8.10. The number of rotatable bonds is 5. The summed E-state index contributed by atoms with van der Waals surface area (Å²) in [7, 11) is 3.76. The van der Waals surface area contributed by atoms with Crippen LogP contribution in [-0.2, 0) is 0 Å². The zero-order valence-corrected chi connectivity index (χ0v) is 14.1. The van der Waals surface area contributed by atoms with Crippen LogP contribution in [-0.4, -0.2) is 25.7 Å². The number of hydrogen-bond acceptors (Lipinski definition) is 5. The highest BCUT2D eigenvalue weighted by atomic mass is 15.1. The van der Waals surface area contributed by atoms with E-state index in [0.717, 1.165) is 17.1 Å². The highest BCUT2D eigenvalue weighted by Crippen LogP contribution is 2.17. The van der Waals surface area contributed by atoms with E-state index in [2.05, 4.69) is 41.8 Å². The van der Waals surface area contributed by atoms with Crippen molar-refractivity contribution in [3.63, 3.8) is 0 Å². The van der Waals surface area contributed by atoms with E-state index >= 15 is 0 Å². The molecule has 0 atom stereocenters. The van der Waals surface area contributed by atoms with Gasteiger partial charge < -0.3 is 27.0 Å². The molecule has 0 saturated heterocycles. The number of nitrogens with zero attached hydrogens (tertiary/aromatic N) is 1. The fraction of sp³-hybridized carbons (Fsp3) is 0.222. The molecule has 0 spiro atoms. The second-order valence-corrected chi connectivity index (χ2v) is 5.16. The number of aryl methyl sites for hydroxylation is 1. The second-order valence-electron chi connectivity index (χ2n) is 5.16. The SMILES string of the molecule is CN/C=C\N(C)CN.Cc1ccc(Nc2ccc(N)cc2)cc1. The van der Waals surface area contributed by atoms with Gasteiger partial charge in [0.25, 0.3) is 0 Å². The Labute approximate surface area is 139 Å². The summed E-state index contributed by atoms with van der Waals surface area (Å²) in [6.07, 6.45) is 3.70. The van der Waals surface area contributed by atoms with Crippen molar-refractivity contribution in [3.8, 4) is 0 Å². The third-order valence-corrected chi connectivity index (χ3v) is 3.03. The minimum absolute atomic E-state index is 0.554. The monoisotopic (exact) mass is 313 g/mol. The van der Waals surface area contributed by atoms with Crippen molar-refractivity contribution in [2.75, 3.05) is 31.8 Å². The summed E-state index contributed by atoms with van der Waals surface area (Å²) in [6.45, 7) is 2.63. The molecule has 2 aromatic rings. The maximum Gasteiger partial charge on any atom is 0.0648 e. The van der Waals surface area contributed by atoms with Crippen LogP contribution >= 0.6 is 0 Å². The van der Waals surface area contributed by atoms with E-state index < -0.39 is 0 Å². The van der Waals surface area contributed by atoms with Crippen LogP contribution in [0.25, 0.3) is 0 Å². The predicted molar refractivity (Wildman–Crippen MR) is 100 cm³/mol. The average molecular weight is 313 g/mol. The molecular weight excluding hydrogens is 286 g/mol. The van der Waals surface area contributed by atoms with Gasteiger partial charge in [-0.25, -0.2) is 0 Å². The van der Waals surface area contributed by atoms with Gasteiger partial charge in [0.05, 0.1) is 6.67 Å². The van der Waals surface area contributed by atoms with Crippen LogP contribution < -0.4 is 22.1 Å². The summed E-state index contributed by atoms with van der Waals surface area (Å²) in [5.41, 5.74) is 15.1. The van der Waals surface area contributed by atoms with Crippen molar-refractivity contribution in [2.45, 2.75) is 6.92 Å². The van der Waals surface area contributed by atoms with Gasteiger partial charge in [0.1, 0.15) is 0 Å². The summed E-state index contributed by atoms with van der Waals surface area (Å²) in [4.78, 5) is 1.87. The molecule has 0 unspecified atom stereocenters. The highest BCUT2D eigenvalue weighted by Gasteiger charge is 1.93. The lowest BCUT2D eigenvalue weighted by Gasteiger charge is -2.07. The van der Waals surface area contributed by atoms with E-state index in [1.54, 1.807) is 0 Å². The van der Waals surface area contributed by atoms with E-state index in [9.17, 15) is 0 Å². The van der Waals surface area contributed by atoms with Gasteiger partial charge in [-0.2, -0.15) is 0 Å². The van der Waals surface area contributed by atoms with Crippen molar-refractivity contribution >= 4 is 17.1 Å². The molecule has 0 aliphatic carbocycles. The van der Waals surface area contributed by atoms with Crippen molar-refractivity contribution in [2.24, 2.45) is 5.73 Å². The lowest BCUT2D eigenvalue weighted by Crippen LogP contribution is -2.20. The van der Waals surface area contributed by atoms with Gasteiger partial charge in [0.15, 0.2) is 0 Å². The molecule has 124 valence electrons. The maximum absolute atomic E-state index is 5.61. The van der Waals surface area contributed by atoms with Crippen LogP contribution in [0.5, 0.6) is 0 Å². The van der Waals surface area contributed by atoms with Crippen molar-refractivity contribution < 1.29 is 0 Å². The molecule has 5 heteroatoms. The van der Waals surface area contributed by atoms with Crippen LogP contribution in [0.4, 0.5) is 17.1 Å². The first kappa shape index (κ1) is 18.4. The lowest BCUT2D eigenvalue weighted by atomic mass is 10.2. The highest BCUT2D eigenvalue weighted by molar-refractivity contribution is 5.61. The average Bonchev–Trinajstić information content (AvgIpc) is 2.57. The lowest BCUT2D eigenvalue weighted by molar-refractivity contribution is 0.469. The van der Waals surface area contributed by atoms with Gasteiger partial charge in [-0.15, -0.1) is 0 Å². The number of anilines is 3. The Hall–Kier alpha value is -2.66. The molecule has 0 saturated carbocycles. The van der Waals surface area contributed by atoms with E-state index in [1.165, 1.54) is 5.56 Å². The first-order valence-electron chi connectivity index (χ1n) is 7.48. The first-order chi connectivity index (χ1) is 11.0. The van der Waals surface area contributed by atoms with Crippen molar-refractivity contribution in [3.05, 3.63) is 66.5 Å². The molecule has 6 N–H and O–H groups in total. The van der Waals surface area contributed by atoms with Crippen LogP contribution in [0.15, 0.2) is 60.9 Å². The normalized spacial score (nSPS) is 9.91. The van der Waals surface area contributed by atoms with Crippen LogP contribution in [0.1, 0.15) is 5.56 Å². The molecule has 5 nitrogen and oxygen atoms in total. The second kappa shape index (κ2) is 10.1. The number of benzene rings is 2. The van der Waals surface area contributed by atoms with Gasteiger partial charge in [-0.1, -0.05) is 17.7 Å². The summed E-state index contributed by atoms with van der Waals surface area (Å²) in [5.74, 6) is 0. The Morgan fingerprint density at radius 1 is 1.00 bits per heavy atom. The molecule has 2 rings (SSSR count). The van der Waals surface area contributed by atoms with E-state index in [1.807, 2.05) is 55.7 Å². The van der Waals surface area contributed by atoms with Gasteiger partial charge in [-0.05, 0) is 43.3 Å². The third kappa shape index (κ3) is 7.78. The fourth-order valence-electron chi connectivity index (χ4n) is 1.63. The molecule has 2 aromatic carbocycles. The Morgan fingerprint density at radius 2 is 1.52 bits per heavy atom. The van der Waals surface area contributed by atoms with E-state index in [4.69, 9.17) is 11.5 Å². The minimum atomic E-state index is 0.554. The van der Waals surface area contributed by atoms with Crippen LogP contribution in [0.2, 0.25) is 0 Å². The molecule has 0 aliphatic rings. The van der Waals surface area contributed by atoms with Crippen LogP contribution in [0, 0.1) is 6.92 Å². The number of hydrogen-bond donors (Lipinski definition) is 4. The Balaban J connectivity index is 0.000000284. The molecule has 0 amide bonds. The number of nitrogen functional groups attached to an aromatic ring is 1. The standard InChI is InChI=1S/C13H14N2.C5H13N3/c1-10-2-6-12(7-3-10)15-13-8-4-11(14)5-9-13;1-7-3-4-8(2)5-6/h2-9,15H,14H2,1H3;3-4,7H,5-6H2,1-2H3/b;4-3-. The molecule has 0 heterocycles. The summed E-state index contributed by atoms with van der Waals surface area (Å²) in [6, 6.07) is 16.0. The quantitative estimate of drug-likeness (QED) is 0.504. The molecule has 0 aliphatic heterocycles. The van der Waals surface area contributed by atoms with Gasteiger partial charge in [0, 0.05) is 43.6 Å².